The number of Topliss-reactive ketones (excluding diaryl/α,β-unsaturated/α-hetero) is 1. The minimum absolute atomic E-state index is 0.000833. The fourth-order valence-electron chi connectivity index (χ4n) is 4.20. The molecule has 0 N–H and O–H groups in total. The SMILES string of the molecule is COC(=O)c1cncc(-c2ccc3c(c2)C(=O)CC2(CCN(C(=O)OC(C)(C)C)CC2)O3)c1. The number of piperidine rings is 1. The lowest BCUT2D eigenvalue weighted by Crippen LogP contribution is -2.52. The van der Waals surface area contributed by atoms with E-state index in [0.29, 0.717) is 48.4 Å². The first kappa shape index (κ1) is 22.8. The van der Waals surface area contributed by atoms with E-state index in [9.17, 15) is 14.4 Å². The van der Waals surface area contributed by atoms with Crippen LogP contribution in [0.3, 0.4) is 0 Å². The smallest absolute Gasteiger partial charge is 0.410 e. The lowest BCUT2D eigenvalue weighted by atomic mass is 9.82. The van der Waals surface area contributed by atoms with Crippen LogP contribution in [0.4, 0.5) is 4.79 Å². The minimum atomic E-state index is -0.615. The maximum absolute atomic E-state index is 13.1. The Morgan fingerprint density at radius 2 is 1.82 bits per heavy atom. The largest absolute Gasteiger partial charge is 0.486 e. The highest BCUT2D eigenvalue weighted by Gasteiger charge is 2.44. The molecule has 0 aliphatic carbocycles. The van der Waals surface area contributed by atoms with E-state index in [2.05, 4.69) is 4.98 Å². The number of aromatic nitrogens is 1. The molecule has 33 heavy (non-hydrogen) atoms. The number of rotatable bonds is 2. The summed E-state index contributed by atoms with van der Waals surface area (Å²) in [6.07, 6.45) is 4.11. The molecule has 8 heteroatoms. The zero-order valence-corrected chi connectivity index (χ0v) is 19.3. The minimum Gasteiger partial charge on any atom is -0.486 e. The van der Waals surface area contributed by atoms with Crippen LogP contribution in [-0.4, -0.2) is 59.1 Å². The van der Waals surface area contributed by atoms with Crippen LogP contribution < -0.4 is 4.74 Å². The molecule has 2 aromatic rings. The summed E-state index contributed by atoms with van der Waals surface area (Å²) in [5.41, 5.74) is 1.16. The van der Waals surface area contributed by atoms with E-state index >= 15 is 0 Å². The number of ketones is 1. The van der Waals surface area contributed by atoms with Gasteiger partial charge in [-0.15, -0.1) is 0 Å². The van der Waals surface area contributed by atoms with E-state index in [1.165, 1.54) is 13.3 Å². The highest BCUT2D eigenvalue weighted by Crippen LogP contribution is 2.41. The van der Waals surface area contributed by atoms with Crippen LogP contribution in [0.25, 0.3) is 11.1 Å². The van der Waals surface area contributed by atoms with Crippen molar-refractivity contribution in [1.29, 1.82) is 0 Å². The quantitative estimate of drug-likeness (QED) is 0.628. The first-order valence-corrected chi connectivity index (χ1v) is 11.0. The maximum Gasteiger partial charge on any atom is 0.410 e. The van der Waals surface area contributed by atoms with Gasteiger partial charge >= 0.3 is 12.1 Å². The molecule has 0 atom stereocenters. The summed E-state index contributed by atoms with van der Waals surface area (Å²) in [5.74, 6) is 0.0695. The van der Waals surface area contributed by atoms with Gasteiger partial charge < -0.3 is 19.1 Å². The van der Waals surface area contributed by atoms with Crippen molar-refractivity contribution in [3.63, 3.8) is 0 Å². The first-order chi connectivity index (χ1) is 15.6. The number of fused-ring (bicyclic) bond motifs is 1. The number of hydrogen-bond donors (Lipinski definition) is 0. The standard InChI is InChI=1S/C25H28N2O6/c1-24(2,3)33-23(30)27-9-7-25(8-10-27)13-20(28)19-12-16(5-6-21(19)32-25)17-11-18(15-26-14-17)22(29)31-4/h5-6,11-12,14-15H,7-10,13H2,1-4H3. The number of carbonyl (C=O) groups excluding carboxylic acids is 3. The normalized spacial score (nSPS) is 17.2. The van der Waals surface area contributed by atoms with Crippen molar-refractivity contribution < 1.29 is 28.6 Å². The number of nitrogens with zero attached hydrogens (tertiary/aromatic N) is 2. The molecule has 1 saturated heterocycles. The molecule has 0 bridgehead atoms. The maximum atomic E-state index is 13.1. The Bertz CT molecular complexity index is 1100. The van der Waals surface area contributed by atoms with Crippen LogP contribution in [-0.2, 0) is 9.47 Å². The van der Waals surface area contributed by atoms with Gasteiger partial charge in [-0.2, -0.15) is 0 Å². The van der Waals surface area contributed by atoms with E-state index < -0.39 is 17.2 Å². The van der Waals surface area contributed by atoms with Gasteiger partial charge in [0.15, 0.2) is 5.78 Å². The van der Waals surface area contributed by atoms with E-state index in [-0.39, 0.29) is 18.3 Å². The molecule has 0 radical (unpaired) electrons. The Balaban J connectivity index is 1.50. The highest BCUT2D eigenvalue weighted by atomic mass is 16.6. The second-order valence-corrected chi connectivity index (χ2v) is 9.52. The third-order valence-corrected chi connectivity index (χ3v) is 5.91. The van der Waals surface area contributed by atoms with Crippen molar-refractivity contribution >= 4 is 17.8 Å². The van der Waals surface area contributed by atoms with Crippen LogP contribution >= 0.6 is 0 Å². The van der Waals surface area contributed by atoms with Gasteiger partial charge in [0.25, 0.3) is 0 Å². The molecule has 1 spiro atoms. The number of amides is 1. The first-order valence-electron chi connectivity index (χ1n) is 11.0. The number of methoxy groups -OCH3 is 1. The van der Waals surface area contributed by atoms with Crippen LogP contribution in [0.15, 0.2) is 36.7 Å². The number of carbonyl (C=O) groups is 3. The fraction of sp³-hybridized carbons (Fsp3) is 0.440. The van der Waals surface area contributed by atoms with Gasteiger partial charge in [0.1, 0.15) is 17.0 Å². The Labute approximate surface area is 192 Å². The molecule has 0 saturated carbocycles. The summed E-state index contributed by atoms with van der Waals surface area (Å²) < 4.78 is 16.6. The Hall–Kier alpha value is -3.42. The van der Waals surface area contributed by atoms with Gasteiger partial charge in [-0.1, -0.05) is 6.07 Å². The molecule has 1 aromatic heterocycles. The van der Waals surface area contributed by atoms with Gasteiger partial charge in [0.2, 0.25) is 0 Å². The number of esters is 1. The van der Waals surface area contributed by atoms with Gasteiger partial charge in [-0.3, -0.25) is 9.78 Å². The zero-order chi connectivity index (χ0) is 23.8. The number of benzene rings is 1. The number of hydrogen-bond acceptors (Lipinski definition) is 7. The molecule has 1 aromatic carbocycles. The van der Waals surface area contributed by atoms with Crippen molar-refractivity contribution in [3.8, 4) is 16.9 Å². The summed E-state index contributed by atoms with van der Waals surface area (Å²) in [6.45, 7) is 6.47. The Morgan fingerprint density at radius 3 is 2.48 bits per heavy atom. The van der Waals surface area contributed by atoms with Crippen LogP contribution in [0.5, 0.6) is 5.75 Å². The van der Waals surface area contributed by atoms with E-state index in [1.807, 2.05) is 26.8 Å². The van der Waals surface area contributed by atoms with E-state index in [0.717, 1.165) is 5.56 Å². The van der Waals surface area contributed by atoms with E-state index in [1.54, 1.807) is 29.3 Å². The Kier molecular flexibility index (Phi) is 5.86. The summed E-state index contributed by atoms with van der Waals surface area (Å²) in [5, 5.41) is 0. The monoisotopic (exact) mass is 452 g/mol. The second-order valence-electron chi connectivity index (χ2n) is 9.52. The third kappa shape index (κ3) is 4.84. The number of pyridine rings is 1. The van der Waals surface area contributed by atoms with Gasteiger partial charge in [0.05, 0.1) is 24.7 Å². The summed E-state index contributed by atoms with van der Waals surface area (Å²) in [6, 6.07) is 7.09. The van der Waals surface area contributed by atoms with Crippen molar-refractivity contribution in [3.05, 3.63) is 47.8 Å². The lowest BCUT2D eigenvalue weighted by molar-refractivity contribution is -0.0226. The average Bonchev–Trinajstić information content (AvgIpc) is 2.77. The molecule has 0 unspecified atom stereocenters. The molecule has 174 valence electrons. The Morgan fingerprint density at radius 1 is 1.09 bits per heavy atom. The molecule has 4 rings (SSSR count). The topological polar surface area (TPSA) is 95.0 Å². The molecule has 1 amide bonds. The molecule has 3 heterocycles. The molecular weight excluding hydrogens is 424 g/mol. The molecule has 1 fully saturated rings. The molecule has 2 aliphatic rings. The fourth-order valence-corrected chi connectivity index (χ4v) is 4.20. The average molecular weight is 453 g/mol. The van der Waals surface area contributed by atoms with Crippen molar-refractivity contribution in [1.82, 2.24) is 9.88 Å². The second kappa shape index (κ2) is 8.50. The predicted molar refractivity (Wildman–Crippen MR) is 120 cm³/mol. The third-order valence-electron chi connectivity index (χ3n) is 5.91. The van der Waals surface area contributed by atoms with E-state index in [4.69, 9.17) is 14.2 Å². The predicted octanol–water partition coefficient (Wildman–Crippen LogP) is 4.27. The van der Waals surface area contributed by atoms with Crippen molar-refractivity contribution in [2.45, 2.75) is 51.2 Å². The van der Waals surface area contributed by atoms with Crippen LogP contribution in [0, 0.1) is 0 Å². The summed E-state index contributed by atoms with van der Waals surface area (Å²) in [7, 11) is 1.32. The zero-order valence-electron chi connectivity index (χ0n) is 19.3. The molecule has 8 nitrogen and oxygen atoms in total. The number of ether oxygens (including phenoxy) is 3. The molecule has 2 aliphatic heterocycles. The van der Waals surface area contributed by atoms with Gasteiger partial charge in [0, 0.05) is 43.9 Å². The summed E-state index contributed by atoms with van der Waals surface area (Å²) >= 11 is 0. The van der Waals surface area contributed by atoms with Crippen LogP contribution in [0.2, 0.25) is 0 Å². The van der Waals surface area contributed by atoms with Gasteiger partial charge in [-0.25, -0.2) is 9.59 Å². The van der Waals surface area contributed by atoms with Crippen molar-refractivity contribution in [2.24, 2.45) is 0 Å². The molecular formula is C25H28N2O6. The summed E-state index contributed by atoms with van der Waals surface area (Å²) in [4.78, 5) is 43.1. The van der Waals surface area contributed by atoms with Gasteiger partial charge in [-0.05, 0) is 44.5 Å². The van der Waals surface area contributed by atoms with Crippen molar-refractivity contribution in [2.75, 3.05) is 20.2 Å². The highest BCUT2D eigenvalue weighted by molar-refractivity contribution is 6.01. The number of likely N-dealkylation sites (tertiary alicyclic amines) is 1. The lowest BCUT2D eigenvalue weighted by Gasteiger charge is -2.44. The van der Waals surface area contributed by atoms with Crippen LogP contribution in [0.1, 0.15) is 60.7 Å².